The number of rotatable bonds is 9. The second-order valence-electron chi connectivity index (χ2n) is 13.1. The molecule has 2 aromatic carbocycles. The van der Waals surface area contributed by atoms with Gasteiger partial charge in [-0.05, 0) is 87.2 Å². The third kappa shape index (κ3) is 7.62. The number of anilines is 1. The molecule has 4 atom stereocenters. The molecule has 2 saturated heterocycles. The van der Waals surface area contributed by atoms with E-state index < -0.39 is 42.3 Å². The van der Waals surface area contributed by atoms with Crippen molar-refractivity contribution in [3.05, 3.63) is 77.2 Å². The SMILES string of the molecule is C[C@H](NC(=O)[C@@H]1C[C@@H](F)CN1C(=O)CNC(=O)c1ccc2cc(F)ccc2n1)c1ccc(N2CCN(C)[C@H](C)C2)cc1/C=C/C1CC1. The predicted molar refractivity (Wildman–Crippen MR) is 178 cm³/mol. The number of amides is 3. The zero-order valence-corrected chi connectivity index (χ0v) is 27.1. The molecule has 2 aliphatic heterocycles. The highest BCUT2D eigenvalue weighted by Gasteiger charge is 2.40. The Hall–Kier alpha value is -4.38. The maximum Gasteiger partial charge on any atom is 0.270 e. The minimum Gasteiger partial charge on any atom is -0.369 e. The zero-order chi connectivity index (χ0) is 33.2. The van der Waals surface area contributed by atoms with Crippen LogP contribution in [-0.4, -0.2) is 90.5 Å². The molecule has 1 aliphatic carbocycles. The second kappa shape index (κ2) is 13.8. The fourth-order valence-corrected chi connectivity index (χ4v) is 6.38. The Kier molecular flexibility index (Phi) is 9.54. The molecule has 2 N–H and O–H groups in total. The Labute approximate surface area is 274 Å². The summed E-state index contributed by atoms with van der Waals surface area (Å²) >= 11 is 0. The summed E-state index contributed by atoms with van der Waals surface area (Å²) in [5.74, 6) is -1.42. The number of likely N-dealkylation sites (N-methyl/N-ethyl adjacent to an activating group) is 1. The van der Waals surface area contributed by atoms with E-state index in [0.29, 0.717) is 22.9 Å². The summed E-state index contributed by atoms with van der Waals surface area (Å²) in [5, 5.41) is 6.10. The third-order valence-corrected chi connectivity index (χ3v) is 9.55. The predicted octanol–water partition coefficient (Wildman–Crippen LogP) is 4.48. The first-order valence-corrected chi connectivity index (χ1v) is 16.4. The van der Waals surface area contributed by atoms with Gasteiger partial charge in [-0.25, -0.2) is 13.8 Å². The Balaban J connectivity index is 1.11. The van der Waals surface area contributed by atoms with E-state index in [1.165, 1.54) is 42.0 Å². The monoisotopic (exact) mass is 644 g/mol. The smallest absolute Gasteiger partial charge is 0.270 e. The number of benzene rings is 2. The number of likely N-dealkylation sites (tertiary alicyclic amines) is 1. The molecule has 3 amide bonds. The van der Waals surface area contributed by atoms with Gasteiger partial charge in [0.2, 0.25) is 11.8 Å². The molecule has 0 bridgehead atoms. The number of halogens is 2. The maximum atomic E-state index is 14.6. The van der Waals surface area contributed by atoms with Crippen LogP contribution in [0.15, 0.2) is 54.6 Å². The average molecular weight is 645 g/mol. The molecule has 11 heteroatoms. The summed E-state index contributed by atoms with van der Waals surface area (Å²) in [6.45, 7) is 6.34. The Morgan fingerprint density at radius 3 is 2.64 bits per heavy atom. The van der Waals surface area contributed by atoms with E-state index >= 15 is 0 Å². The lowest BCUT2D eigenvalue weighted by molar-refractivity contribution is -0.138. The first-order valence-electron chi connectivity index (χ1n) is 16.4. The number of fused-ring (bicyclic) bond motifs is 1. The molecule has 47 heavy (non-hydrogen) atoms. The molecule has 3 aromatic rings. The van der Waals surface area contributed by atoms with Crippen molar-refractivity contribution in [2.45, 2.75) is 57.4 Å². The van der Waals surface area contributed by atoms with Gasteiger partial charge in [0.25, 0.3) is 5.91 Å². The Morgan fingerprint density at radius 1 is 1.06 bits per heavy atom. The van der Waals surface area contributed by atoms with Crippen molar-refractivity contribution in [3.8, 4) is 0 Å². The van der Waals surface area contributed by atoms with Crippen molar-refractivity contribution in [1.82, 2.24) is 25.4 Å². The van der Waals surface area contributed by atoms with Crippen molar-refractivity contribution < 1.29 is 23.2 Å². The number of nitrogens with zero attached hydrogens (tertiary/aromatic N) is 4. The maximum absolute atomic E-state index is 14.6. The van der Waals surface area contributed by atoms with Crippen LogP contribution < -0.4 is 15.5 Å². The molecule has 1 saturated carbocycles. The number of carbonyl (C=O) groups excluding carboxylic acids is 3. The molecular weight excluding hydrogens is 602 g/mol. The van der Waals surface area contributed by atoms with Crippen LogP contribution in [0.3, 0.4) is 0 Å². The van der Waals surface area contributed by atoms with Crippen LogP contribution in [-0.2, 0) is 9.59 Å². The molecule has 3 fully saturated rings. The number of aromatic nitrogens is 1. The van der Waals surface area contributed by atoms with Gasteiger partial charge in [0.05, 0.1) is 24.6 Å². The molecule has 3 aliphatic rings. The van der Waals surface area contributed by atoms with Crippen molar-refractivity contribution in [1.29, 1.82) is 0 Å². The fraction of sp³-hybridized carbons (Fsp3) is 0.444. The molecular formula is C36H42F2N6O3. The van der Waals surface area contributed by atoms with E-state index in [0.717, 1.165) is 36.4 Å². The lowest BCUT2D eigenvalue weighted by atomic mass is 9.98. The Morgan fingerprint density at radius 2 is 1.87 bits per heavy atom. The van der Waals surface area contributed by atoms with Crippen LogP contribution in [0.5, 0.6) is 0 Å². The van der Waals surface area contributed by atoms with E-state index in [1.807, 2.05) is 6.92 Å². The summed E-state index contributed by atoms with van der Waals surface area (Å²) in [5.41, 5.74) is 3.62. The number of nitrogens with one attached hydrogen (secondary N) is 2. The van der Waals surface area contributed by atoms with E-state index in [4.69, 9.17) is 0 Å². The van der Waals surface area contributed by atoms with Crippen molar-refractivity contribution >= 4 is 40.4 Å². The van der Waals surface area contributed by atoms with E-state index in [-0.39, 0.29) is 24.7 Å². The highest BCUT2D eigenvalue weighted by molar-refractivity contribution is 5.97. The molecule has 3 heterocycles. The molecule has 0 radical (unpaired) electrons. The largest absolute Gasteiger partial charge is 0.369 e. The van der Waals surface area contributed by atoms with Gasteiger partial charge in [-0.3, -0.25) is 14.4 Å². The number of hydrogen-bond acceptors (Lipinski definition) is 6. The summed E-state index contributed by atoms with van der Waals surface area (Å²) in [6.07, 6.45) is 5.28. The highest BCUT2D eigenvalue weighted by Crippen LogP contribution is 2.33. The number of allylic oxidation sites excluding steroid dienone is 1. The van der Waals surface area contributed by atoms with E-state index in [9.17, 15) is 23.2 Å². The van der Waals surface area contributed by atoms with Crippen molar-refractivity contribution in [2.24, 2.45) is 5.92 Å². The van der Waals surface area contributed by atoms with Gasteiger partial charge < -0.3 is 25.3 Å². The molecule has 0 spiro atoms. The summed E-state index contributed by atoms with van der Waals surface area (Å²) in [7, 11) is 2.15. The second-order valence-corrected chi connectivity index (χ2v) is 13.1. The van der Waals surface area contributed by atoms with Crippen molar-refractivity contribution in [3.63, 3.8) is 0 Å². The number of hydrogen-bond donors (Lipinski definition) is 2. The van der Waals surface area contributed by atoms with Crippen molar-refractivity contribution in [2.75, 3.05) is 44.7 Å². The minimum atomic E-state index is -1.36. The van der Waals surface area contributed by atoms with Gasteiger partial charge in [0.15, 0.2) is 0 Å². The van der Waals surface area contributed by atoms with Gasteiger partial charge >= 0.3 is 0 Å². The van der Waals surface area contributed by atoms with Crippen LogP contribution in [0.2, 0.25) is 0 Å². The van der Waals surface area contributed by atoms with E-state index in [2.05, 4.69) is 69.7 Å². The number of pyridine rings is 1. The average Bonchev–Trinajstić information content (AvgIpc) is 3.81. The van der Waals surface area contributed by atoms with E-state index in [1.54, 1.807) is 6.07 Å². The van der Waals surface area contributed by atoms with Gasteiger partial charge in [0, 0.05) is 43.2 Å². The normalized spacial score (nSPS) is 22.5. The van der Waals surface area contributed by atoms with Crippen LogP contribution in [0.1, 0.15) is 60.8 Å². The van der Waals surface area contributed by atoms with Gasteiger partial charge in [0.1, 0.15) is 23.7 Å². The van der Waals surface area contributed by atoms with Crippen LogP contribution in [0.25, 0.3) is 17.0 Å². The molecule has 9 nitrogen and oxygen atoms in total. The standard InChI is InChI=1S/C36H42F2N6O3/c1-22-20-43(15-14-42(22)3)29-10-11-30(25(17-29)7-6-24-4-5-24)23(2)40-36(47)33-18-28(38)21-44(33)34(45)19-39-35(46)32-12-8-26-16-27(37)9-13-31(26)41-32/h6-13,16-17,22-24,28,33H,4-5,14-15,18-21H2,1-3H3,(H,39,46)(H,40,47)/b7-6+/t22-,23+,28-,33+/m1/s1. The van der Waals surface area contributed by atoms with Crippen LogP contribution >= 0.6 is 0 Å². The number of piperazine rings is 1. The third-order valence-electron chi connectivity index (χ3n) is 9.55. The van der Waals surface area contributed by atoms with Gasteiger partial charge in [-0.15, -0.1) is 0 Å². The first-order chi connectivity index (χ1) is 22.5. The summed E-state index contributed by atoms with van der Waals surface area (Å²) in [4.78, 5) is 49.7. The van der Waals surface area contributed by atoms with Crippen LogP contribution in [0.4, 0.5) is 14.5 Å². The van der Waals surface area contributed by atoms with Gasteiger partial charge in [-0.2, -0.15) is 0 Å². The lowest BCUT2D eigenvalue weighted by Gasteiger charge is -2.39. The number of carbonyl (C=O) groups is 3. The minimum absolute atomic E-state index is 0.0597. The molecule has 248 valence electrons. The lowest BCUT2D eigenvalue weighted by Crippen LogP contribution is -2.50. The highest BCUT2D eigenvalue weighted by atomic mass is 19.1. The van der Waals surface area contributed by atoms with Gasteiger partial charge in [-0.1, -0.05) is 24.3 Å². The Bertz CT molecular complexity index is 1690. The molecule has 1 aromatic heterocycles. The number of alkyl halides is 1. The zero-order valence-electron chi connectivity index (χ0n) is 27.1. The fourth-order valence-electron chi connectivity index (χ4n) is 6.38. The summed E-state index contributed by atoms with van der Waals surface area (Å²) in [6, 6.07) is 12.5. The molecule has 0 unspecified atom stereocenters. The summed E-state index contributed by atoms with van der Waals surface area (Å²) < 4.78 is 28.1. The van der Waals surface area contributed by atoms with Crippen LogP contribution in [0, 0.1) is 11.7 Å². The quantitative estimate of drug-likeness (QED) is 0.357. The first kappa shape index (κ1) is 32.6. The topological polar surface area (TPSA) is 97.9 Å². The molecule has 6 rings (SSSR count).